The zero-order valence-corrected chi connectivity index (χ0v) is 19.3. The molecule has 0 aliphatic carbocycles. The summed E-state index contributed by atoms with van der Waals surface area (Å²) in [6.07, 6.45) is 2.27. The van der Waals surface area contributed by atoms with Crippen molar-refractivity contribution in [1.29, 1.82) is 0 Å². The van der Waals surface area contributed by atoms with Gasteiger partial charge < -0.3 is 15.5 Å². The monoisotopic (exact) mass is 469 g/mol. The van der Waals surface area contributed by atoms with Crippen LogP contribution in [-0.2, 0) is 28.9 Å². The lowest BCUT2D eigenvalue weighted by atomic mass is 10.0. The van der Waals surface area contributed by atoms with E-state index < -0.39 is 11.9 Å². The van der Waals surface area contributed by atoms with Gasteiger partial charge in [-0.3, -0.25) is 9.59 Å². The zero-order valence-electron chi connectivity index (χ0n) is 18.6. The van der Waals surface area contributed by atoms with Gasteiger partial charge in [-0.25, -0.2) is 4.68 Å². The Balaban J connectivity index is 0.000000331. The predicted octanol–water partition coefficient (Wildman–Crippen LogP) is 4.05. The second-order valence-electron chi connectivity index (χ2n) is 7.92. The number of hydrogen-bond acceptors (Lipinski definition) is 4. The summed E-state index contributed by atoms with van der Waals surface area (Å²) in [5.74, 6) is -2.15. The molecular formula is C25H28ClN3O4. The fourth-order valence-corrected chi connectivity index (χ4v) is 4.08. The number of rotatable bonds is 6. The molecule has 0 atom stereocenters. The number of nitrogens with zero attached hydrogens (tertiary/aromatic N) is 2. The number of carboxylic acid groups (broad SMARTS) is 2. The molecule has 0 spiro atoms. The van der Waals surface area contributed by atoms with Gasteiger partial charge >= 0.3 is 11.9 Å². The van der Waals surface area contributed by atoms with Crippen LogP contribution in [0.5, 0.6) is 0 Å². The minimum Gasteiger partial charge on any atom is -0.481 e. The van der Waals surface area contributed by atoms with Crippen molar-refractivity contribution < 1.29 is 19.8 Å². The van der Waals surface area contributed by atoms with Gasteiger partial charge in [0.15, 0.2) is 0 Å². The SMILES string of the molecule is Cc1cc(Cc2ccccc2)nn1-c1c(Cl)ccc2c1CCNCC2.O=C(O)CCC(=O)O. The third-order valence-electron chi connectivity index (χ3n) is 5.38. The summed E-state index contributed by atoms with van der Waals surface area (Å²) in [5, 5.41) is 24.9. The molecule has 0 bridgehead atoms. The maximum atomic E-state index is 9.64. The number of carbonyl (C=O) groups is 2. The van der Waals surface area contributed by atoms with Gasteiger partial charge in [0, 0.05) is 12.1 Å². The van der Waals surface area contributed by atoms with Crippen LogP contribution < -0.4 is 5.32 Å². The van der Waals surface area contributed by atoms with E-state index in [-0.39, 0.29) is 12.8 Å². The molecule has 1 aromatic heterocycles. The first-order valence-corrected chi connectivity index (χ1v) is 11.3. The summed E-state index contributed by atoms with van der Waals surface area (Å²) in [7, 11) is 0. The molecule has 1 aliphatic rings. The van der Waals surface area contributed by atoms with Crippen molar-refractivity contribution in [2.75, 3.05) is 13.1 Å². The van der Waals surface area contributed by atoms with E-state index in [1.54, 1.807) is 0 Å². The number of hydrogen-bond donors (Lipinski definition) is 3. The van der Waals surface area contributed by atoms with E-state index in [0.717, 1.165) is 54.4 Å². The normalized spacial score (nSPS) is 12.8. The molecule has 2 heterocycles. The van der Waals surface area contributed by atoms with Crippen molar-refractivity contribution in [3.63, 3.8) is 0 Å². The second-order valence-corrected chi connectivity index (χ2v) is 8.33. The molecule has 0 amide bonds. The van der Waals surface area contributed by atoms with Crippen molar-refractivity contribution in [2.45, 2.75) is 39.0 Å². The molecule has 174 valence electrons. The van der Waals surface area contributed by atoms with Crippen LogP contribution in [0, 0.1) is 6.92 Å². The van der Waals surface area contributed by atoms with E-state index in [9.17, 15) is 9.59 Å². The van der Waals surface area contributed by atoms with E-state index in [4.69, 9.17) is 26.9 Å². The van der Waals surface area contributed by atoms with Gasteiger partial charge in [-0.1, -0.05) is 48.0 Å². The topological polar surface area (TPSA) is 104 Å². The fraction of sp³-hybridized carbons (Fsp3) is 0.320. The largest absolute Gasteiger partial charge is 0.481 e. The third kappa shape index (κ3) is 6.91. The van der Waals surface area contributed by atoms with Crippen molar-refractivity contribution >= 4 is 23.5 Å². The molecule has 2 aromatic carbocycles. The van der Waals surface area contributed by atoms with Crippen LogP contribution in [0.2, 0.25) is 5.02 Å². The Bertz CT molecular complexity index is 1100. The van der Waals surface area contributed by atoms with Crippen molar-refractivity contribution in [3.8, 4) is 5.69 Å². The molecule has 8 heteroatoms. The lowest BCUT2D eigenvalue weighted by Gasteiger charge is -2.15. The molecule has 0 radical (unpaired) electrons. The molecule has 1 aliphatic heterocycles. The Hall–Kier alpha value is -3.16. The maximum absolute atomic E-state index is 9.64. The third-order valence-corrected chi connectivity index (χ3v) is 5.69. The number of aliphatic carboxylic acids is 2. The summed E-state index contributed by atoms with van der Waals surface area (Å²) in [5.41, 5.74) is 7.23. The number of benzene rings is 2. The molecule has 3 aromatic rings. The average molecular weight is 470 g/mol. The van der Waals surface area contributed by atoms with E-state index >= 15 is 0 Å². The molecule has 7 nitrogen and oxygen atoms in total. The Morgan fingerprint density at radius 3 is 2.36 bits per heavy atom. The van der Waals surface area contributed by atoms with Gasteiger partial charge in [-0.15, -0.1) is 0 Å². The molecule has 0 saturated carbocycles. The lowest BCUT2D eigenvalue weighted by molar-refractivity contribution is -0.143. The lowest BCUT2D eigenvalue weighted by Crippen LogP contribution is -2.16. The van der Waals surface area contributed by atoms with Crippen LogP contribution in [0.1, 0.15) is 40.9 Å². The van der Waals surface area contributed by atoms with Crippen LogP contribution in [0.15, 0.2) is 48.5 Å². The van der Waals surface area contributed by atoms with E-state index in [2.05, 4.69) is 48.6 Å². The highest BCUT2D eigenvalue weighted by molar-refractivity contribution is 6.32. The fourth-order valence-electron chi connectivity index (χ4n) is 3.82. The standard InChI is InChI=1S/C21H22ClN3.C4H6O4/c1-15-13-18(14-16-5-3-2-4-6-16)24-25(15)21-19-10-12-23-11-9-17(19)7-8-20(21)22;5-3(6)1-2-4(7)8/h2-8,13,23H,9-12,14H2,1H3;1-2H2,(H,5,6)(H,7,8). The summed E-state index contributed by atoms with van der Waals surface area (Å²) < 4.78 is 2.03. The highest BCUT2D eigenvalue weighted by Gasteiger charge is 2.18. The van der Waals surface area contributed by atoms with E-state index in [1.165, 1.54) is 16.7 Å². The molecule has 3 N–H and O–H groups in total. The van der Waals surface area contributed by atoms with Gasteiger partial charge in [0.2, 0.25) is 0 Å². The number of halogens is 1. The van der Waals surface area contributed by atoms with Gasteiger partial charge in [-0.05, 0) is 61.7 Å². The highest BCUT2D eigenvalue weighted by atomic mass is 35.5. The van der Waals surface area contributed by atoms with Gasteiger partial charge in [-0.2, -0.15) is 5.10 Å². The molecule has 0 saturated heterocycles. The highest BCUT2D eigenvalue weighted by Crippen LogP contribution is 2.30. The average Bonchev–Trinajstić information content (AvgIpc) is 2.97. The van der Waals surface area contributed by atoms with Gasteiger partial charge in [0.1, 0.15) is 0 Å². The zero-order chi connectivity index (χ0) is 23.8. The van der Waals surface area contributed by atoms with Gasteiger partial charge in [0.25, 0.3) is 0 Å². The van der Waals surface area contributed by atoms with Crippen LogP contribution in [0.25, 0.3) is 5.69 Å². The molecule has 0 fully saturated rings. The Labute approximate surface area is 198 Å². The number of aryl methyl sites for hydroxylation is 1. The first-order valence-electron chi connectivity index (χ1n) is 10.9. The van der Waals surface area contributed by atoms with Crippen LogP contribution in [-0.4, -0.2) is 45.0 Å². The molecular weight excluding hydrogens is 442 g/mol. The first-order chi connectivity index (χ1) is 15.8. The van der Waals surface area contributed by atoms with Crippen molar-refractivity contribution in [2.24, 2.45) is 0 Å². The number of carboxylic acids is 2. The molecule has 0 unspecified atom stereocenters. The Morgan fingerprint density at radius 1 is 1.03 bits per heavy atom. The quantitative estimate of drug-likeness (QED) is 0.503. The summed E-state index contributed by atoms with van der Waals surface area (Å²) >= 11 is 6.61. The minimum atomic E-state index is -1.08. The number of fused-ring (bicyclic) bond motifs is 1. The maximum Gasteiger partial charge on any atom is 0.303 e. The first kappa shape index (κ1) is 24.5. The van der Waals surface area contributed by atoms with Gasteiger partial charge in [0.05, 0.1) is 29.2 Å². The number of aromatic nitrogens is 2. The Kier molecular flexibility index (Phi) is 8.63. The molecule has 4 rings (SSSR count). The smallest absolute Gasteiger partial charge is 0.303 e. The number of nitrogens with one attached hydrogen (secondary N) is 1. The summed E-state index contributed by atoms with van der Waals surface area (Å²) in [6.45, 7) is 4.11. The van der Waals surface area contributed by atoms with Crippen molar-refractivity contribution in [3.05, 3.63) is 81.6 Å². The van der Waals surface area contributed by atoms with E-state index in [1.807, 2.05) is 16.8 Å². The van der Waals surface area contributed by atoms with Crippen LogP contribution in [0.3, 0.4) is 0 Å². The predicted molar refractivity (Wildman–Crippen MR) is 127 cm³/mol. The summed E-state index contributed by atoms with van der Waals surface area (Å²) in [6, 6.07) is 16.8. The molecule has 33 heavy (non-hydrogen) atoms. The van der Waals surface area contributed by atoms with Crippen LogP contribution in [0.4, 0.5) is 0 Å². The van der Waals surface area contributed by atoms with Crippen molar-refractivity contribution in [1.82, 2.24) is 15.1 Å². The minimum absolute atomic E-state index is 0.296. The second kappa shape index (κ2) is 11.6. The van der Waals surface area contributed by atoms with E-state index in [0.29, 0.717) is 0 Å². The Morgan fingerprint density at radius 2 is 1.70 bits per heavy atom. The summed E-state index contributed by atoms with van der Waals surface area (Å²) in [4.78, 5) is 19.3. The van der Waals surface area contributed by atoms with Crippen LogP contribution >= 0.6 is 11.6 Å².